The van der Waals surface area contributed by atoms with Crippen molar-refractivity contribution in [2.24, 2.45) is 0 Å². The zero-order valence-electron chi connectivity index (χ0n) is 13.5. The highest BCUT2D eigenvalue weighted by atomic mass is 79.9. The fraction of sp³-hybridized carbons (Fsp3) is 0.176. The molecule has 3 aromatic rings. The van der Waals surface area contributed by atoms with E-state index in [-0.39, 0.29) is 12.5 Å². The molecule has 25 heavy (non-hydrogen) atoms. The molecule has 0 aliphatic carbocycles. The number of hydrogen-bond donors (Lipinski definition) is 1. The molecule has 0 radical (unpaired) electrons. The van der Waals surface area contributed by atoms with Crippen LogP contribution < -0.4 is 5.32 Å². The molecule has 1 amide bonds. The molecule has 1 heterocycles. The molecule has 0 aliphatic rings. The van der Waals surface area contributed by atoms with Crippen LogP contribution in [0.4, 0.5) is 0 Å². The number of hydrogen-bond acceptors (Lipinski definition) is 5. The molecule has 0 saturated heterocycles. The topological polar surface area (TPSA) is 72.7 Å². The number of aromatic nitrogens is 4. The second kappa shape index (κ2) is 8.26. The second-order valence-electron chi connectivity index (χ2n) is 5.30. The van der Waals surface area contributed by atoms with E-state index in [1.807, 2.05) is 48.5 Å². The third-order valence-corrected chi connectivity index (χ3v) is 4.64. The summed E-state index contributed by atoms with van der Waals surface area (Å²) < 4.78 is 2.54. The second-order valence-corrected chi connectivity index (χ2v) is 7.08. The molecule has 8 heteroatoms. The molecule has 0 spiro atoms. The first-order valence-corrected chi connectivity index (χ1v) is 9.75. The molecule has 1 aromatic heterocycles. The summed E-state index contributed by atoms with van der Waals surface area (Å²) in [6.45, 7) is 0.241. The number of halogens is 1. The minimum Gasteiger partial charge on any atom is -0.345 e. The van der Waals surface area contributed by atoms with E-state index in [4.69, 9.17) is 0 Å². The average molecular weight is 418 g/mol. The van der Waals surface area contributed by atoms with Crippen LogP contribution in [0.3, 0.4) is 0 Å². The molecule has 128 valence electrons. The number of amides is 1. The highest BCUT2D eigenvalue weighted by Gasteiger charge is 2.11. The minimum atomic E-state index is -0.153. The molecule has 0 bridgehead atoms. The molecule has 1 N–H and O–H groups in total. The van der Waals surface area contributed by atoms with Gasteiger partial charge in [0.25, 0.3) is 5.91 Å². The van der Waals surface area contributed by atoms with Gasteiger partial charge in [0, 0.05) is 15.8 Å². The summed E-state index contributed by atoms with van der Waals surface area (Å²) in [4.78, 5) is 12.3. The van der Waals surface area contributed by atoms with Crippen molar-refractivity contribution in [1.82, 2.24) is 25.5 Å². The molecule has 0 unspecified atom stereocenters. The van der Waals surface area contributed by atoms with Crippen LogP contribution in [0.5, 0.6) is 0 Å². The SMILES string of the molecule is CSCc1ccc(C(=O)NCc2nnnn2-c2cccc(Br)c2)cc1. The van der Waals surface area contributed by atoms with Gasteiger partial charge in [-0.1, -0.05) is 34.1 Å². The van der Waals surface area contributed by atoms with Crippen molar-refractivity contribution in [2.75, 3.05) is 6.26 Å². The Kier molecular flexibility index (Phi) is 5.83. The first-order chi connectivity index (χ1) is 12.2. The van der Waals surface area contributed by atoms with Crippen molar-refractivity contribution in [2.45, 2.75) is 12.3 Å². The van der Waals surface area contributed by atoms with Crippen molar-refractivity contribution >= 4 is 33.6 Å². The van der Waals surface area contributed by atoms with Crippen LogP contribution in [0.25, 0.3) is 5.69 Å². The summed E-state index contributed by atoms with van der Waals surface area (Å²) in [5.41, 5.74) is 2.64. The van der Waals surface area contributed by atoms with Crippen molar-refractivity contribution in [1.29, 1.82) is 0 Å². The predicted octanol–water partition coefficient (Wildman–Crippen LogP) is 3.22. The van der Waals surface area contributed by atoms with Gasteiger partial charge in [-0.2, -0.15) is 16.4 Å². The Hall–Kier alpha value is -2.19. The van der Waals surface area contributed by atoms with Crippen LogP contribution in [0.1, 0.15) is 21.7 Å². The maximum Gasteiger partial charge on any atom is 0.251 e. The molecule has 3 rings (SSSR count). The Morgan fingerprint density at radius 1 is 1.24 bits per heavy atom. The molecular formula is C17H16BrN5OS. The highest BCUT2D eigenvalue weighted by molar-refractivity contribution is 9.10. The Labute approximate surface area is 158 Å². The molecule has 2 aromatic carbocycles. The lowest BCUT2D eigenvalue weighted by atomic mass is 10.1. The summed E-state index contributed by atoms with van der Waals surface area (Å²) >= 11 is 5.18. The predicted molar refractivity (Wildman–Crippen MR) is 102 cm³/mol. The Morgan fingerprint density at radius 2 is 2.04 bits per heavy atom. The number of thioether (sulfide) groups is 1. The summed E-state index contributed by atoms with van der Waals surface area (Å²) in [5, 5.41) is 14.6. The summed E-state index contributed by atoms with van der Waals surface area (Å²) in [5.74, 6) is 1.34. The van der Waals surface area contributed by atoms with E-state index in [1.54, 1.807) is 16.4 Å². The van der Waals surface area contributed by atoms with E-state index in [2.05, 4.69) is 43.0 Å². The van der Waals surface area contributed by atoms with Crippen LogP contribution >= 0.6 is 27.7 Å². The molecule has 6 nitrogen and oxygen atoms in total. The van der Waals surface area contributed by atoms with Gasteiger partial charge in [0.2, 0.25) is 0 Å². The molecule has 0 aliphatic heterocycles. The number of nitrogens with zero attached hydrogens (tertiary/aromatic N) is 4. The first kappa shape index (κ1) is 17.6. The quantitative estimate of drug-likeness (QED) is 0.666. The maximum atomic E-state index is 12.3. The zero-order valence-corrected chi connectivity index (χ0v) is 15.9. The van der Waals surface area contributed by atoms with Crippen LogP contribution in [-0.4, -0.2) is 32.4 Å². The van der Waals surface area contributed by atoms with Gasteiger partial charge < -0.3 is 5.32 Å². The third kappa shape index (κ3) is 4.46. The number of rotatable bonds is 6. The van der Waals surface area contributed by atoms with Gasteiger partial charge in [0.15, 0.2) is 5.82 Å². The van der Waals surface area contributed by atoms with Gasteiger partial charge in [-0.25, -0.2) is 0 Å². The van der Waals surface area contributed by atoms with Crippen LogP contribution in [0, 0.1) is 0 Å². The number of benzene rings is 2. The van der Waals surface area contributed by atoms with Crippen molar-refractivity contribution in [3.63, 3.8) is 0 Å². The van der Waals surface area contributed by atoms with Crippen LogP contribution in [0.15, 0.2) is 53.0 Å². The van der Waals surface area contributed by atoms with Crippen molar-refractivity contribution in [3.05, 3.63) is 70.0 Å². The first-order valence-electron chi connectivity index (χ1n) is 7.56. The van der Waals surface area contributed by atoms with E-state index >= 15 is 0 Å². The normalized spacial score (nSPS) is 10.6. The number of tetrazole rings is 1. The van der Waals surface area contributed by atoms with E-state index < -0.39 is 0 Å². The molecule has 0 saturated carbocycles. The molecular weight excluding hydrogens is 402 g/mol. The summed E-state index contributed by atoms with van der Waals surface area (Å²) in [7, 11) is 0. The monoisotopic (exact) mass is 417 g/mol. The lowest BCUT2D eigenvalue weighted by molar-refractivity contribution is 0.0949. The summed E-state index contributed by atoms with van der Waals surface area (Å²) in [6, 6.07) is 15.2. The maximum absolute atomic E-state index is 12.3. The summed E-state index contributed by atoms with van der Waals surface area (Å²) in [6.07, 6.45) is 2.05. The lowest BCUT2D eigenvalue weighted by Crippen LogP contribution is -2.24. The number of nitrogens with one attached hydrogen (secondary N) is 1. The Bertz CT molecular complexity index is 865. The highest BCUT2D eigenvalue weighted by Crippen LogP contribution is 2.15. The minimum absolute atomic E-state index is 0.153. The smallest absolute Gasteiger partial charge is 0.251 e. The van der Waals surface area contributed by atoms with Crippen molar-refractivity contribution in [3.8, 4) is 5.69 Å². The Balaban J connectivity index is 1.68. The van der Waals surface area contributed by atoms with E-state index in [0.29, 0.717) is 11.4 Å². The number of carbonyl (C=O) groups is 1. The van der Waals surface area contributed by atoms with Gasteiger partial charge in [-0.15, -0.1) is 5.10 Å². The standard InChI is InChI=1S/C17H16BrN5OS/c1-25-11-12-5-7-13(8-6-12)17(24)19-10-16-20-21-22-23(16)15-4-2-3-14(18)9-15/h2-9H,10-11H2,1H3,(H,19,24). The zero-order chi connectivity index (χ0) is 17.6. The van der Waals surface area contributed by atoms with E-state index in [1.165, 1.54) is 5.56 Å². The fourth-order valence-corrected chi connectivity index (χ4v) is 3.22. The van der Waals surface area contributed by atoms with E-state index in [9.17, 15) is 4.79 Å². The largest absolute Gasteiger partial charge is 0.345 e. The van der Waals surface area contributed by atoms with Crippen LogP contribution in [-0.2, 0) is 12.3 Å². The van der Waals surface area contributed by atoms with Gasteiger partial charge >= 0.3 is 0 Å². The third-order valence-electron chi connectivity index (χ3n) is 3.52. The fourth-order valence-electron chi connectivity index (χ4n) is 2.30. The van der Waals surface area contributed by atoms with Crippen molar-refractivity contribution < 1.29 is 4.79 Å². The average Bonchev–Trinajstić information content (AvgIpc) is 3.09. The van der Waals surface area contributed by atoms with Gasteiger partial charge in [0.1, 0.15) is 0 Å². The van der Waals surface area contributed by atoms with Gasteiger partial charge in [0.05, 0.1) is 12.2 Å². The van der Waals surface area contributed by atoms with Crippen LogP contribution in [0.2, 0.25) is 0 Å². The Morgan fingerprint density at radius 3 is 2.76 bits per heavy atom. The van der Waals surface area contributed by atoms with E-state index in [0.717, 1.165) is 15.9 Å². The van der Waals surface area contributed by atoms with Gasteiger partial charge in [-0.05, 0) is 52.6 Å². The lowest BCUT2D eigenvalue weighted by Gasteiger charge is -2.07. The number of carbonyl (C=O) groups excluding carboxylic acids is 1. The molecule has 0 atom stereocenters. The molecule has 0 fully saturated rings. The van der Waals surface area contributed by atoms with Gasteiger partial charge in [-0.3, -0.25) is 4.79 Å².